The molecule has 0 amide bonds. The summed E-state index contributed by atoms with van der Waals surface area (Å²) in [6.45, 7) is 0.747. The highest BCUT2D eigenvalue weighted by Crippen LogP contribution is 2.20. The Bertz CT molecular complexity index is 336. The lowest BCUT2D eigenvalue weighted by Gasteiger charge is -2.21. The van der Waals surface area contributed by atoms with E-state index in [1.165, 1.54) is 7.11 Å². The minimum atomic E-state index is -0.710. The summed E-state index contributed by atoms with van der Waals surface area (Å²) >= 11 is 0. The van der Waals surface area contributed by atoms with E-state index in [4.69, 9.17) is 4.74 Å². The third-order valence-electron chi connectivity index (χ3n) is 2.09. The molecule has 0 bridgehead atoms. The number of fused-ring (bicyclic) bond motifs is 1. The zero-order chi connectivity index (χ0) is 9.97. The Labute approximate surface area is 80.6 Å². The van der Waals surface area contributed by atoms with E-state index in [1.54, 1.807) is 6.33 Å². The van der Waals surface area contributed by atoms with Crippen LogP contribution in [0.2, 0.25) is 0 Å². The van der Waals surface area contributed by atoms with Crippen molar-refractivity contribution in [2.75, 3.05) is 13.7 Å². The predicted molar refractivity (Wildman–Crippen MR) is 46.5 cm³/mol. The zero-order valence-corrected chi connectivity index (χ0v) is 7.74. The molecule has 0 aliphatic carbocycles. The Morgan fingerprint density at radius 3 is 3.36 bits per heavy atom. The van der Waals surface area contributed by atoms with Gasteiger partial charge in [-0.1, -0.05) is 0 Å². The van der Waals surface area contributed by atoms with Gasteiger partial charge in [0.25, 0.3) is 0 Å². The van der Waals surface area contributed by atoms with Crippen LogP contribution in [0, 0.1) is 0 Å². The predicted octanol–water partition coefficient (Wildman–Crippen LogP) is 0.337. The average molecular weight is 197 g/mol. The molecule has 2 rings (SSSR count). The van der Waals surface area contributed by atoms with Gasteiger partial charge in [-0.3, -0.25) is 5.32 Å². The summed E-state index contributed by atoms with van der Waals surface area (Å²) in [4.78, 5) is 18.0. The molecule has 1 aromatic heterocycles. The van der Waals surface area contributed by atoms with Crippen molar-refractivity contribution in [3.8, 4) is 0 Å². The lowest BCUT2D eigenvalue weighted by Crippen LogP contribution is -2.33. The van der Waals surface area contributed by atoms with E-state index >= 15 is 0 Å². The quantitative estimate of drug-likeness (QED) is 0.635. The topological polar surface area (TPSA) is 76.2 Å². The number of hydrogen-bond acceptors (Lipinski definition) is 5. The van der Waals surface area contributed by atoms with Gasteiger partial charge in [0.15, 0.2) is 0 Å². The minimum Gasteiger partial charge on any atom is -0.438 e. The van der Waals surface area contributed by atoms with E-state index in [9.17, 15) is 4.79 Å². The third-order valence-corrected chi connectivity index (χ3v) is 2.09. The number of nitrogens with one attached hydrogen (secondary N) is 2. The second kappa shape index (κ2) is 3.67. The van der Waals surface area contributed by atoms with E-state index < -0.39 is 12.4 Å². The molecule has 0 fully saturated rings. The Morgan fingerprint density at radius 2 is 2.57 bits per heavy atom. The molecule has 1 unspecified atom stereocenters. The number of aromatic amines is 1. The summed E-state index contributed by atoms with van der Waals surface area (Å²) in [6.07, 6.45) is 1.23. The molecular weight excluding hydrogens is 186 g/mol. The largest absolute Gasteiger partial charge is 0.509 e. The molecular formula is C8H11N3O3. The maximum absolute atomic E-state index is 10.9. The van der Waals surface area contributed by atoms with Crippen LogP contribution in [0.5, 0.6) is 0 Å². The summed E-state index contributed by atoms with van der Waals surface area (Å²) in [6, 6.07) is 0. The number of carbonyl (C=O) groups is 1. The highest BCUT2D eigenvalue weighted by molar-refractivity contribution is 5.60. The molecule has 0 radical (unpaired) electrons. The number of carbonyl (C=O) groups excluding carboxylic acids is 1. The van der Waals surface area contributed by atoms with E-state index in [1.807, 2.05) is 0 Å². The second-order valence-electron chi connectivity index (χ2n) is 2.92. The SMILES string of the molecule is COC(=O)OC1NCCc2[nH]cnc21. The Kier molecular flexibility index (Phi) is 2.36. The standard InChI is InChI=1S/C8H11N3O3/c1-13-8(12)14-7-6-5(2-3-9-7)10-4-11-6/h4,7,9H,2-3H2,1H3,(H,10,11). The fourth-order valence-electron chi connectivity index (χ4n) is 1.42. The number of methoxy groups -OCH3 is 1. The van der Waals surface area contributed by atoms with Crippen molar-refractivity contribution in [2.24, 2.45) is 0 Å². The number of nitrogens with zero attached hydrogens (tertiary/aromatic N) is 1. The van der Waals surface area contributed by atoms with Crippen LogP contribution < -0.4 is 5.32 Å². The van der Waals surface area contributed by atoms with Gasteiger partial charge < -0.3 is 14.5 Å². The first kappa shape index (κ1) is 9.01. The molecule has 0 saturated heterocycles. The molecule has 0 spiro atoms. The molecule has 1 aliphatic heterocycles. The molecule has 0 aromatic carbocycles. The van der Waals surface area contributed by atoms with Gasteiger partial charge in [-0.25, -0.2) is 9.78 Å². The summed E-state index contributed by atoms with van der Waals surface area (Å²) in [5, 5.41) is 3.02. The van der Waals surface area contributed by atoms with Gasteiger partial charge in [-0.15, -0.1) is 0 Å². The number of imidazole rings is 1. The first-order valence-corrected chi connectivity index (χ1v) is 4.31. The Hall–Kier alpha value is -1.56. The molecule has 1 aromatic rings. The molecule has 76 valence electrons. The molecule has 1 aliphatic rings. The normalized spacial score (nSPS) is 19.9. The maximum atomic E-state index is 10.9. The monoisotopic (exact) mass is 197 g/mol. The highest BCUT2D eigenvalue weighted by atomic mass is 16.7. The van der Waals surface area contributed by atoms with Gasteiger partial charge in [-0.2, -0.15) is 0 Å². The summed E-state index contributed by atoms with van der Waals surface area (Å²) in [7, 11) is 1.27. The molecule has 1 atom stereocenters. The Morgan fingerprint density at radius 1 is 1.71 bits per heavy atom. The fourth-order valence-corrected chi connectivity index (χ4v) is 1.42. The number of H-pyrrole nitrogens is 1. The van der Waals surface area contributed by atoms with Crippen LogP contribution in [0.25, 0.3) is 0 Å². The maximum Gasteiger partial charge on any atom is 0.509 e. The van der Waals surface area contributed by atoms with Crippen molar-refractivity contribution in [1.29, 1.82) is 0 Å². The van der Waals surface area contributed by atoms with E-state index in [-0.39, 0.29) is 0 Å². The number of aromatic nitrogens is 2. The molecule has 6 heteroatoms. The van der Waals surface area contributed by atoms with Crippen molar-refractivity contribution in [1.82, 2.24) is 15.3 Å². The zero-order valence-electron chi connectivity index (χ0n) is 7.74. The second-order valence-corrected chi connectivity index (χ2v) is 2.92. The van der Waals surface area contributed by atoms with E-state index in [0.717, 1.165) is 24.4 Å². The molecule has 0 saturated carbocycles. The van der Waals surface area contributed by atoms with Crippen LogP contribution in [-0.2, 0) is 15.9 Å². The first-order chi connectivity index (χ1) is 6.81. The van der Waals surface area contributed by atoms with E-state index in [2.05, 4.69) is 20.0 Å². The molecule has 6 nitrogen and oxygen atoms in total. The van der Waals surface area contributed by atoms with Crippen LogP contribution >= 0.6 is 0 Å². The van der Waals surface area contributed by atoms with Crippen LogP contribution in [0.4, 0.5) is 4.79 Å². The van der Waals surface area contributed by atoms with Crippen molar-refractivity contribution in [3.05, 3.63) is 17.7 Å². The lowest BCUT2D eigenvalue weighted by molar-refractivity contribution is 0.0186. The van der Waals surface area contributed by atoms with Gasteiger partial charge in [-0.05, 0) is 0 Å². The van der Waals surface area contributed by atoms with Crippen LogP contribution in [0.3, 0.4) is 0 Å². The van der Waals surface area contributed by atoms with Crippen molar-refractivity contribution in [3.63, 3.8) is 0 Å². The number of hydrogen-bond donors (Lipinski definition) is 2. The number of ether oxygens (including phenoxy) is 2. The number of rotatable bonds is 1. The van der Waals surface area contributed by atoms with Crippen LogP contribution in [0.15, 0.2) is 6.33 Å². The fraction of sp³-hybridized carbons (Fsp3) is 0.500. The minimum absolute atomic E-state index is 0.502. The van der Waals surface area contributed by atoms with E-state index in [0.29, 0.717) is 0 Å². The summed E-state index contributed by atoms with van der Waals surface area (Å²) < 4.78 is 9.38. The van der Waals surface area contributed by atoms with Gasteiger partial charge in [0, 0.05) is 18.7 Å². The summed E-state index contributed by atoms with van der Waals surface area (Å²) in [5.41, 5.74) is 1.72. The van der Waals surface area contributed by atoms with Crippen molar-refractivity contribution >= 4 is 6.16 Å². The van der Waals surface area contributed by atoms with Gasteiger partial charge in [0.05, 0.1) is 13.4 Å². The molecule has 2 heterocycles. The van der Waals surface area contributed by atoms with Gasteiger partial charge >= 0.3 is 6.16 Å². The Balaban J connectivity index is 2.12. The average Bonchev–Trinajstić information content (AvgIpc) is 2.66. The van der Waals surface area contributed by atoms with Gasteiger partial charge in [0.2, 0.25) is 6.23 Å². The van der Waals surface area contributed by atoms with Crippen LogP contribution in [-0.4, -0.2) is 29.8 Å². The van der Waals surface area contributed by atoms with Crippen molar-refractivity contribution in [2.45, 2.75) is 12.6 Å². The lowest BCUT2D eigenvalue weighted by atomic mass is 10.1. The third kappa shape index (κ3) is 1.56. The highest BCUT2D eigenvalue weighted by Gasteiger charge is 2.25. The first-order valence-electron chi connectivity index (χ1n) is 4.31. The molecule has 14 heavy (non-hydrogen) atoms. The molecule has 2 N–H and O–H groups in total. The smallest absolute Gasteiger partial charge is 0.438 e. The summed E-state index contributed by atoms with van der Waals surface area (Å²) in [5.74, 6) is 0. The van der Waals surface area contributed by atoms with Crippen molar-refractivity contribution < 1.29 is 14.3 Å². The van der Waals surface area contributed by atoms with Crippen LogP contribution in [0.1, 0.15) is 17.6 Å². The van der Waals surface area contributed by atoms with Gasteiger partial charge in [0.1, 0.15) is 5.69 Å².